The molecule has 1 aromatic heterocycles. The lowest BCUT2D eigenvalue weighted by Crippen LogP contribution is -2.26. The Kier molecular flexibility index (Phi) is 5.53. The van der Waals surface area contributed by atoms with Crippen molar-refractivity contribution in [1.82, 2.24) is 9.97 Å². The van der Waals surface area contributed by atoms with Crippen molar-refractivity contribution >= 4 is 10.8 Å². The van der Waals surface area contributed by atoms with Crippen LogP contribution < -0.4 is 0 Å². The zero-order valence-corrected chi connectivity index (χ0v) is 25.6. The van der Waals surface area contributed by atoms with Crippen LogP contribution in [0.15, 0.2) is 170 Å². The molecular weight excluding hydrogens is 569 g/mol. The van der Waals surface area contributed by atoms with E-state index < -0.39 is 5.41 Å². The van der Waals surface area contributed by atoms with E-state index in [2.05, 4.69) is 152 Å². The van der Waals surface area contributed by atoms with E-state index in [4.69, 9.17) is 9.97 Å². The first-order chi connectivity index (χ1) is 23.3. The van der Waals surface area contributed by atoms with E-state index in [0.717, 1.165) is 22.6 Å². The smallest absolute Gasteiger partial charge is 0.159 e. The monoisotopic (exact) mass is 596 g/mol. The van der Waals surface area contributed by atoms with Gasteiger partial charge in [-0.05, 0) is 73.0 Å². The topological polar surface area (TPSA) is 25.8 Å². The predicted octanol–water partition coefficient (Wildman–Crippen LogP) is 11.0. The summed E-state index contributed by atoms with van der Waals surface area (Å²) in [6.45, 7) is 0. The molecule has 0 aliphatic heterocycles. The van der Waals surface area contributed by atoms with Gasteiger partial charge in [-0.15, -0.1) is 0 Å². The summed E-state index contributed by atoms with van der Waals surface area (Å²) in [5.41, 5.74) is 15.1. The molecule has 10 rings (SSSR count). The minimum Gasteiger partial charge on any atom is -0.236 e. The molecule has 2 nitrogen and oxygen atoms in total. The molecule has 0 bridgehead atoms. The summed E-state index contributed by atoms with van der Waals surface area (Å²) in [5.74, 6) is 0.750. The summed E-state index contributed by atoms with van der Waals surface area (Å²) in [6.07, 6.45) is 2.08. The summed E-state index contributed by atoms with van der Waals surface area (Å²) >= 11 is 0. The lowest BCUT2D eigenvalue weighted by Gasteiger charge is -2.30. The van der Waals surface area contributed by atoms with Crippen molar-refractivity contribution in [3.8, 4) is 56.0 Å². The predicted molar refractivity (Wildman–Crippen MR) is 192 cm³/mol. The maximum absolute atomic E-state index is 5.29. The second-order valence-electron chi connectivity index (χ2n) is 12.6. The maximum atomic E-state index is 5.29. The number of benzene rings is 7. The molecule has 0 atom stereocenters. The van der Waals surface area contributed by atoms with E-state index in [1.54, 1.807) is 0 Å². The normalized spacial score (nSPS) is 13.3. The van der Waals surface area contributed by atoms with E-state index in [9.17, 15) is 0 Å². The van der Waals surface area contributed by atoms with Crippen LogP contribution in [-0.4, -0.2) is 9.97 Å². The molecule has 2 heteroatoms. The molecule has 0 unspecified atom stereocenters. The van der Waals surface area contributed by atoms with Crippen LogP contribution >= 0.6 is 0 Å². The number of rotatable bonds is 3. The molecule has 1 spiro atoms. The Bertz CT molecular complexity index is 2470. The third-order valence-electron chi connectivity index (χ3n) is 10.2. The van der Waals surface area contributed by atoms with Gasteiger partial charge in [-0.1, -0.05) is 152 Å². The number of hydrogen-bond donors (Lipinski definition) is 0. The molecule has 0 fully saturated rings. The van der Waals surface area contributed by atoms with E-state index >= 15 is 0 Å². The molecule has 1 heterocycles. The van der Waals surface area contributed by atoms with E-state index in [1.165, 1.54) is 66.4 Å². The molecule has 0 saturated carbocycles. The Balaban J connectivity index is 1.16. The Hall–Kier alpha value is -6.12. The van der Waals surface area contributed by atoms with Crippen LogP contribution in [0.25, 0.3) is 66.8 Å². The van der Waals surface area contributed by atoms with Crippen LogP contribution in [-0.2, 0) is 5.41 Å². The highest BCUT2D eigenvalue weighted by atomic mass is 14.9. The van der Waals surface area contributed by atoms with Gasteiger partial charge in [-0.3, -0.25) is 0 Å². The second kappa shape index (κ2) is 9.94. The zero-order chi connectivity index (χ0) is 31.0. The van der Waals surface area contributed by atoms with Crippen LogP contribution in [0.2, 0.25) is 0 Å². The molecule has 2 aliphatic carbocycles. The molecule has 218 valence electrons. The van der Waals surface area contributed by atoms with Gasteiger partial charge in [0.2, 0.25) is 0 Å². The van der Waals surface area contributed by atoms with Gasteiger partial charge in [0.1, 0.15) is 0 Å². The molecule has 0 saturated heterocycles. The SMILES string of the molecule is c1ccc(-c2ncc3c(n2)-c2ccc(-c4ccc(-c5ccc6ccccc6c5)cc4)cc2C32c3ccccc3-c3ccccc32)cc1. The molecular formula is C45H28N2. The van der Waals surface area contributed by atoms with Crippen LogP contribution in [0.5, 0.6) is 0 Å². The maximum Gasteiger partial charge on any atom is 0.159 e. The standard InChI is InChI=1S/C45H28N2/c1-2-11-32(12-3-1)44-46-28-42-43(47-44)38-25-24-35(31-20-18-30(19-21-31)34-23-22-29-10-4-5-13-33(29)26-34)27-41(38)45(42)39-16-8-6-14-36(39)37-15-7-9-17-40(37)45/h1-28H. The zero-order valence-electron chi connectivity index (χ0n) is 25.6. The summed E-state index contributed by atoms with van der Waals surface area (Å²) in [7, 11) is 0. The minimum absolute atomic E-state index is 0.492. The highest BCUT2D eigenvalue weighted by Gasteiger charge is 2.52. The fourth-order valence-electron chi connectivity index (χ4n) is 8.01. The van der Waals surface area contributed by atoms with Crippen molar-refractivity contribution in [2.45, 2.75) is 5.41 Å². The van der Waals surface area contributed by atoms with E-state index in [1.807, 2.05) is 18.2 Å². The number of hydrogen-bond acceptors (Lipinski definition) is 2. The van der Waals surface area contributed by atoms with Gasteiger partial charge in [-0.2, -0.15) is 0 Å². The number of aromatic nitrogens is 2. The van der Waals surface area contributed by atoms with Crippen LogP contribution in [0.4, 0.5) is 0 Å². The second-order valence-corrected chi connectivity index (χ2v) is 12.6. The summed E-state index contributed by atoms with van der Waals surface area (Å²) < 4.78 is 0. The van der Waals surface area contributed by atoms with Crippen molar-refractivity contribution in [2.75, 3.05) is 0 Å². The van der Waals surface area contributed by atoms with E-state index in [0.29, 0.717) is 0 Å². The molecule has 0 radical (unpaired) electrons. The Labute approximate surface area is 273 Å². The molecule has 7 aromatic carbocycles. The molecule has 47 heavy (non-hydrogen) atoms. The first kappa shape index (κ1) is 26.1. The van der Waals surface area contributed by atoms with Gasteiger partial charge < -0.3 is 0 Å². The van der Waals surface area contributed by atoms with Crippen molar-refractivity contribution in [3.05, 3.63) is 192 Å². The first-order valence-electron chi connectivity index (χ1n) is 16.2. The number of nitrogens with zero attached hydrogens (tertiary/aromatic N) is 2. The average Bonchev–Trinajstić information content (AvgIpc) is 3.61. The van der Waals surface area contributed by atoms with Crippen LogP contribution in [0.3, 0.4) is 0 Å². The lowest BCUT2D eigenvalue weighted by molar-refractivity contribution is 0.785. The summed E-state index contributed by atoms with van der Waals surface area (Å²) in [6, 6.07) is 59.2. The Morgan fingerprint density at radius 1 is 0.362 bits per heavy atom. The number of fused-ring (bicyclic) bond motifs is 11. The average molecular weight is 597 g/mol. The quantitative estimate of drug-likeness (QED) is 0.203. The van der Waals surface area contributed by atoms with Gasteiger partial charge in [-0.25, -0.2) is 9.97 Å². The van der Waals surface area contributed by atoms with Gasteiger partial charge in [0.15, 0.2) is 5.82 Å². The van der Waals surface area contributed by atoms with Crippen LogP contribution in [0.1, 0.15) is 22.3 Å². The highest BCUT2D eigenvalue weighted by molar-refractivity contribution is 5.95. The molecule has 0 N–H and O–H groups in total. The van der Waals surface area contributed by atoms with Gasteiger partial charge in [0.05, 0.1) is 11.1 Å². The van der Waals surface area contributed by atoms with Gasteiger partial charge >= 0.3 is 0 Å². The molecule has 2 aliphatic rings. The van der Waals surface area contributed by atoms with Crippen molar-refractivity contribution < 1.29 is 0 Å². The third-order valence-corrected chi connectivity index (χ3v) is 10.2. The van der Waals surface area contributed by atoms with Gasteiger partial charge in [0, 0.05) is 22.9 Å². The Morgan fingerprint density at radius 3 is 1.66 bits per heavy atom. The fourth-order valence-corrected chi connectivity index (χ4v) is 8.01. The highest BCUT2D eigenvalue weighted by Crippen LogP contribution is 2.62. The summed E-state index contributed by atoms with van der Waals surface area (Å²) in [5, 5.41) is 2.52. The fraction of sp³-hybridized carbons (Fsp3) is 0.0222. The largest absolute Gasteiger partial charge is 0.236 e. The van der Waals surface area contributed by atoms with E-state index in [-0.39, 0.29) is 0 Å². The molecule has 0 amide bonds. The third kappa shape index (κ3) is 3.73. The summed E-state index contributed by atoms with van der Waals surface area (Å²) in [4.78, 5) is 10.3. The minimum atomic E-state index is -0.492. The van der Waals surface area contributed by atoms with Crippen LogP contribution in [0, 0.1) is 0 Å². The molecule has 8 aromatic rings. The van der Waals surface area contributed by atoms with Crippen molar-refractivity contribution in [2.24, 2.45) is 0 Å². The lowest BCUT2D eigenvalue weighted by atomic mass is 9.71. The van der Waals surface area contributed by atoms with Crippen molar-refractivity contribution in [1.29, 1.82) is 0 Å². The first-order valence-corrected chi connectivity index (χ1v) is 16.2. The van der Waals surface area contributed by atoms with Crippen molar-refractivity contribution in [3.63, 3.8) is 0 Å². The Morgan fingerprint density at radius 2 is 0.936 bits per heavy atom. The van der Waals surface area contributed by atoms with Gasteiger partial charge in [0.25, 0.3) is 0 Å².